The quantitative estimate of drug-likeness (QED) is 0.586. The number of benzene rings is 1. The number of rotatable bonds is 3. The number of aldehydes is 1. The summed E-state index contributed by atoms with van der Waals surface area (Å²) in [7, 11) is 0. The average Bonchev–Trinajstić information content (AvgIpc) is 2.64. The Morgan fingerprint density at radius 3 is 2.94 bits per heavy atom. The molecule has 0 N–H and O–H groups in total. The SMILES string of the molecule is C/C=C/Cn1cc(C=O)c2ccc(Cl)cc21. The van der Waals surface area contributed by atoms with E-state index in [2.05, 4.69) is 0 Å². The smallest absolute Gasteiger partial charge is 0.152 e. The summed E-state index contributed by atoms with van der Waals surface area (Å²) >= 11 is 5.96. The van der Waals surface area contributed by atoms with Crippen LogP contribution in [0.4, 0.5) is 0 Å². The summed E-state index contributed by atoms with van der Waals surface area (Å²) in [4.78, 5) is 10.9. The van der Waals surface area contributed by atoms with Crippen molar-refractivity contribution in [2.75, 3.05) is 0 Å². The fraction of sp³-hybridized carbons (Fsp3) is 0.154. The zero-order valence-corrected chi connectivity index (χ0v) is 9.74. The van der Waals surface area contributed by atoms with E-state index in [0.29, 0.717) is 10.6 Å². The van der Waals surface area contributed by atoms with Gasteiger partial charge in [-0.2, -0.15) is 0 Å². The first-order chi connectivity index (χ1) is 7.76. The van der Waals surface area contributed by atoms with Gasteiger partial charge in [-0.3, -0.25) is 4.79 Å². The fourth-order valence-electron chi connectivity index (χ4n) is 1.76. The first-order valence-electron chi connectivity index (χ1n) is 5.11. The van der Waals surface area contributed by atoms with Crippen LogP contribution >= 0.6 is 11.6 Å². The number of hydrogen-bond donors (Lipinski definition) is 0. The molecule has 2 rings (SSSR count). The summed E-state index contributed by atoms with van der Waals surface area (Å²) in [5.74, 6) is 0. The zero-order valence-electron chi connectivity index (χ0n) is 8.98. The molecule has 0 atom stereocenters. The Hall–Kier alpha value is -1.54. The Morgan fingerprint density at radius 1 is 1.44 bits per heavy atom. The fourth-order valence-corrected chi connectivity index (χ4v) is 1.92. The number of nitrogens with zero attached hydrogens (tertiary/aromatic N) is 1. The van der Waals surface area contributed by atoms with Crippen LogP contribution in [0.5, 0.6) is 0 Å². The second-order valence-electron chi connectivity index (χ2n) is 3.59. The minimum absolute atomic E-state index is 0.685. The minimum atomic E-state index is 0.685. The third-order valence-corrected chi connectivity index (χ3v) is 2.78. The first kappa shape index (κ1) is 11.0. The molecule has 0 saturated heterocycles. The zero-order chi connectivity index (χ0) is 11.5. The molecule has 82 valence electrons. The summed E-state index contributed by atoms with van der Waals surface area (Å²) in [6, 6.07) is 5.57. The lowest BCUT2D eigenvalue weighted by Crippen LogP contribution is -1.91. The number of aromatic nitrogens is 1. The van der Waals surface area contributed by atoms with Crippen LogP contribution in [0.1, 0.15) is 17.3 Å². The van der Waals surface area contributed by atoms with E-state index in [4.69, 9.17) is 11.6 Å². The van der Waals surface area contributed by atoms with Gasteiger partial charge in [0, 0.05) is 28.7 Å². The minimum Gasteiger partial charge on any atom is -0.343 e. The Kier molecular flexibility index (Phi) is 3.11. The molecule has 16 heavy (non-hydrogen) atoms. The molecule has 0 amide bonds. The van der Waals surface area contributed by atoms with E-state index in [0.717, 1.165) is 23.7 Å². The van der Waals surface area contributed by atoms with Crippen LogP contribution in [0.25, 0.3) is 10.9 Å². The van der Waals surface area contributed by atoms with Crippen LogP contribution in [0.15, 0.2) is 36.5 Å². The van der Waals surface area contributed by atoms with Gasteiger partial charge < -0.3 is 4.57 Å². The van der Waals surface area contributed by atoms with E-state index in [9.17, 15) is 4.79 Å². The average molecular weight is 234 g/mol. The van der Waals surface area contributed by atoms with Crippen molar-refractivity contribution in [1.82, 2.24) is 4.57 Å². The number of carbonyl (C=O) groups excluding carboxylic acids is 1. The summed E-state index contributed by atoms with van der Waals surface area (Å²) in [6.07, 6.45) is 6.75. The van der Waals surface area contributed by atoms with Crippen LogP contribution in [-0.2, 0) is 6.54 Å². The molecule has 0 aliphatic carbocycles. The van der Waals surface area contributed by atoms with Crippen molar-refractivity contribution in [1.29, 1.82) is 0 Å². The summed E-state index contributed by atoms with van der Waals surface area (Å²) in [5.41, 5.74) is 1.70. The van der Waals surface area contributed by atoms with Crippen molar-refractivity contribution < 1.29 is 4.79 Å². The highest BCUT2D eigenvalue weighted by Crippen LogP contribution is 2.23. The molecule has 1 heterocycles. The Balaban J connectivity index is 2.63. The summed E-state index contributed by atoms with van der Waals surface area (Å²) in [5, 5.41) is 1.63. The molecule has 0 radical (unpaired) electrons. The molecule has 0 spiro atoms. The normalized spacial score (nSPS) is 11.4. The van der Waals surface area contributed by atoms with Gasteiger partial charge in [0.05, 0.1) is 5.52 Å². The number of halogens is 1. The van der Waals surface area contributed by atoms with Crippen molar-refractivity contribution in [2.45, 2.75) is 13.5 Å². The maximum absolute atomic E-state index is 10.9. The molecule has 0 unspecified atom stereocenters. The van der Waals surface area contributed by atoms with Crippen LogP contribution in [0, 0.1) is 0 Å². The van der Waals surface area contributed by atoms with Crippen LogP contribution in [-0.4, -0.2) is 10.9 Å². The Morgan fingerprint density at radius 2 is 2.25 bits per heavy atom. The third-order valence-electron chi connectivity index (χ3n) is 2.54. The molecule has 0 aliphatic heterocycles. The molecular weight excluding hydrogens is 222 g/mol. The second-order valence-corrected chi connectivity index (χ2v) is 4.02. The maximum atomic E-state index is 10.9. The summed E-state index contributed by atoms with van der Waals surface area (Å²) < 4.78 is 2.02. The van der Waals surface area contributed by atoms with E-state index in [1.54, 1.807) is 6.07 Å². The largest absolute Gasteiger partial charge is 0.343 e. The van der Waals surface area contributed by atoms with Crippen molar-refractivity contribution in [3.05, 3.63) is 47.1 Å². The molecule has 1 aromatic heterocycles. The van der Waals surface area contributed by atoms with Gasteiger partial charge in [-0.05, 0) is 19.1 Å². The molecule has 3 heteroatoms. The number of fused-ring (bicyclic) bond motifs is 1. The van der Waals surface area contributed by atoms with Gasteiger partial charge in [-0.25, -0.2) is 0 Å². The van der Waals surface area contributed by atoms with Crippen molar-refractivity contribution in [3.8, 4) is 0 Å². The van der Waals surface area contributed by atoms with Gasteiger partial charge in [-0.15, -0.1) is 0 Å². The van der Waals surface area contributed by atoms with Crippen LogP contribution in [0.3, 0.4) is 0 Å². The first-order valence-corrected chi connectivity index (χ1v) is 5.48. The molecule has 1 aromatic carbocycles. The van der Waals surface area contributed by atoms with Crippen LogP contribution in [0.2, 0.25) is 5.02 Å². The molecule has 0 saturated carbocycles. The molecule has 0 bridgehead atoms. The van der Waals surface area contributed by atoms with E-state index in [-0.39, 0.29) is 0 Å². The van der Waals surface area contributed by atoms with Gasteiger partial charge in [0.2, 0.25) is 0 Å². The lowest BCUT2D eigenvalue weighted by molar-refractivity contribution is 0.112. The standard InChI is InChI=1S/C13H12ClNO/c1-2-3-6-15-8-10(9-16)12-5-4-11(14)7-13(12)15/h2-5,7-9H,6H2,1H3/b3-2+. The number of carbonyl (C=O) groups is 1. The summed E-state index contributed by atoms with van der Waals surface area (Å²) in [6.45, 7) is 2.72. The lowest BCUT2D eigenvalue weighted by Gasteiger charge is -2.00. The van der Waals surface area contributed by atoms with E-state index in [1.807, 2.05) is 42.0 Å². The van der Waals surface area contributed by atoms with E-state index in [1.165, 1.54) is 0 Å². The number of hydrogen-bond acceptors (Lipinski definition) is 1. The Bertz CT molecular complexity index is 554. The van der Waals surface area contributed by atoms with Crippen molar-refractivity contribution >= 4 is 28.8 Å². The van der Waals surface area contributed by atoms with Gasteiger partial charge in [0.25, 0.3) is 0 Å². The lowest BCUT2D eigenvalue weighted by atomic mass is 10.2. The van der Waals surface area contributed by atoms with Gasteiger partial charge in [0.15, 0.2) is 6.29 Å². The van der Waals surface area contributed by atoms with E-state index < -0.39 is 0 Å². The maximum Gasteiger partial charge on any atom is 0.152 e. The second kappa shape index (κ2) is 4.54. The van der Waals surface area contributed by atoms with Gasteiger partial charge >= 0.3 is 0 Å². The molecule has 2 aromatic rings. The number of allylic oxidation sites excluding steroid dienone is 2. The van der Waals surface area contributed by atoms with Gasteiger partial charge in [-0.1, -0.05) is 29.8 Å². The molecule has 0 fully saturated rings. The van der Waals surface area contributed by atoms with Gasteiger partial charge in [0.1, 0.15) is 0 Å². The highest BCUT2D eigenvalue weighted by atomic mass is 35.5. The van der Waals surface area contributed by atoms with Crippen LogP contribution < -0.4 is 0 Å². The molecule has 2 nitrogen and oxygen atoms in total. The molecular formula is C13H12ClNO. The predicted octanol–water partition coefficient (Wildman–Crippen LogP) is 3.68. The monoisotopic (exact) mass is 233 g/mol. The topological polar surface area (TPSA) is 22.0 Å². The van der Waals surface area contributed by atoms with Crippen molar-refractivity contribution in [3.63, 3.8) is 0 Å². The third kappa shape index (κ3) is 1.89. The Labute approximate surface area is 99.1 Å². The van der Waals surface area contributed by atoms with E-state index >= 15 is 0 Å². The highest BCUT2D eigenvalue weighted by molar-refractivity contribution is 6.31. The highest BCUT2D eigenvalue weighted by Gasteiger charge is 2.07. The predicted molar refractivity (Wildman–Crippen MR) is 67.1 cm³/mol. The molecule has 0 aliphatic rings. The van der Waals surface area contributed by atoms with Crippen molar-refractivity contribution in [2.24, 2.45) is 0 Å².